The molecular formula is C21H19ClN2O5. The first-order chi connectivity index (χ1) is 13.5. The van der Waals surface area contributed by atoms with E-state index in [4.69, 9.17) is 18.3 Å². The van der Waals surface area contributed by atoms with Crippen LogP contribution >= 0.6 is 12.4 Å². The molecule has 1 aromatic carbocycles. The van der Waals surface area contributed by atoms with Gasteiger partial charge in [0.15, 0.2) is 17.1 Å². The minimum absolute atomic E-state index is 0. The number of ether oxygens (including phenoxy) is 2. The lowest BCUT2D eigenvalue weighted by Gasteiger charge is -2.10. The van der Waals surface area contributed by atoms with Crippen LogP contribution in [0.5, 0.6) is 11.5 Å². The molecule has 0 saturated heterocycles. The third-order valence-corrected chi connectivity index (χ3v) is 4.81. The Morgan fingerprint density at radius 3 is 2.55 bits per heavy atom. The molecule has 4 heterocycles. The average Bonchev–Trinajstić information content (AvgIpc) is 3.28. The summed E-state index contributed by atoms with van der Waals surface area (Å²) in [7, 11) is 4.01. The molecule has 0 N–H and O–H groups in total. The summed E-state index contributed by atoms with van der Waals surface area (Å²) in [6, 6.07) is 6.89. The Balaban J connectivity index is 0.00000205. The van der Waals surface area contributed by atoms with Crippen LogP contribution in [-0.2, 0) is 6.54 Å². The maximum atomic E-state index is 12.2. The van der Waals surface area contributed by atoms with Gasteiger partial charge in [-0.3, -0.25) is 4.98 Å². The lowest BCUT2D eigenvalue weighted by atomic mass is 10.1. The van der Waals surface area contributed by atoms with E-state index in [0.717, 1.165) is 34.2 Å². The zero-order valence-electron chi connectivity index (χ0n) is 16.1. The van der Waals surface area contributed by atoms with Crippen LogP contribution in [0.2, 0.25) is 0 Å². The standard InChI is InChI=1S/C21H18N2O5.ClH/c1-11-21-13(12(8-22-11)9-23(2)3)4-16(28-21)15-6-20(24)27-17-7-19-18(5-14(15)17)25-10-26-19;/h4-8H,9-10H2,1-3H3;1H. The van der Waals surface area contributed by atoms with Crippen LogP contribution in [-0.4, -0.2) is 30.8 Å². The van der Waals surface area contributed by atoms with Crippen LogP contribution in [0.15, 0.2) is 44.1 Å². The smallest absolute Gasteiger partial charge is 0.336 e. The Bertz CT molecular complexity index is 1290. The van der Waals surface area contributed by atoms with E-state index in [-0.39, 0.29) is 19.2 Å². The first-order valence-corrected chi connectivity index (χ1v) is 8.90. The number of fused-ring (bicyclic) bond motifs is 3. The Kier molecular flexibility index (Phi) is 4.72. The number of halogens is 1. The average molecular weight is 415 g/mol. The predicted molar refractivity (Wildman–Crippen MR) is 111 cm³/mol. The molecule has 29 heavy (non-hydrogen) atoms. The third-order valence-electron chi connectivity index (χ3n) is 4.81. The van der Waals surface area contributed by atoms with Crippen molar-refractivity contribution in [2.45, 2.75) is 13.5 Å². The maximum Gasteiger partial charge on any atom is 0.336 e. The van der Waals surface area contributed by atoms with Crippen LogP contribution in [0.25, 0.3) is 33.3 Å². The molecule has 0 unspecified atom stereocenters. The number of benzene rings is 1. The van der Waals surface area contributed by atoms with Crippen molar-refractivity contribution < 1.29 is 18.3 Å². The second-order valence-corrected chi connectivity index (χ2v) is 7.14. The molecule has 4 aromatic rings. The van der Waals surface area contributed by atoms with Gasteiger partial charge >= 0.3 is 5.63 Å². The number of hydrogen-bond donors (Lipinski definition) is 0. The fourth-order valence-corrected chi connectivity index (χ4v) is 3.56. The number of pyridine rings is 1. The zero-order valence-corrected chi connectivity index (χ0v) is 17.0. The molecule has 0 radical (unpaired) electrons. The van der Waals surface area contributed by atoms with Crippen LogP contribution in [0.3, 0.4) is 0 Å². The Labute approximate surface area is 172 Å². The van der Waals surface area contributed by atoms with Crippen LogP contribution in [0, 0.1) is 6.92 Å². The van der Waals surface area contributed by atoms with Gasteiger partial charge in [0, 0.05) is 41.2 Å². The maximum absolute atomic E-state index is 12.2. The van der Waals surface area contributed by atoms with Crippen LogP contribution in [0.4, 0.5) is 0 Å². The van der Waals surface area contributed by atoms with Gasteiger partial charge in [0.1, 0.15) is 11.3 Å². The molecule has 0 atom stereocenters. The summed E-state index contributed by atoms with van der Waals surface area (Å²) in [6.07, 6.45) is 1.87. The summed E-state index contributed by atoms with van der Waals surface area (Å²) >= 11 is 0. The Hall–Kier alpha value is -3.03. The summed E-state index contributed by atoms with van der Waals surface area (Å²) in [4.78, 5) is 18.7. The van der Waals surface area contributed by atoms with Gasteiger partial charge in [0.05, 0.1) is 5.69 Å². The van der Waals surface area contributed by atoms with E-state index in [1.807, 2.05) is 39.3 Å². The minimum atomic E-state index is -0.454. The van der Waals surface area contributed by atoms with Gasteiger partial charge in [-0.25, -0.2) is 4.79 Å². The van der Waals surface area contributed by atoms with Crippen molar-refractivity contribution in [2.75, 3.05) is 20.9 Å². The highest BCUT2D eigenvalue weighted by Gasteiger charge is 2.20. The molecule has 0 bridgehead atoms. The number of nitrogens with zero attached hydrogens (tertiary/aromatic N) is 2. The fraction of sp³-hybridized carbons (Fsp3) is 0.238. The van der Waals surface area contributed by atoms with Crippen LogP contribution < -0.4 is 15.1 Å². The highest BCUT2D eigenvalue weighted by atomic mass is 35.5. The quantitative estimate of drug-likeness (QED) is 0.466. The van der Waals surface area contributed by atoms with Crippen molar-refractivity contribution in [3.8, 4) is 22.8 Å². The minimum Gasteiger partial charge on any atom is -0.454 e. The largest absolute Gasteiger partial charge is 0.454 e. The zero-order chi connectivity index (χ0) is 19.4. The second-order valence-electron chi connectivity index (χ2n) is 7.14. The van der Waals surface area contributed by atoms with Crippen molar-refractivity contribution >= 4 is 34.3 Å². The summed E-state index contributed by atoms with van der Waals surface area (Å²) in [5, 5.41) is 1.71. The molecular weight excluding hydrogens is 396 g/mol. The molecule has 0 amide bonds. The normalized spacial score (nSPS) is 12.7. The first kappa shape index (κ1) is 19.3. The number of rotatable bonds is 3. The number of hydrogen-bond acceptors (Lipinski definition) is 7. The van der Waals surface area contributed by atoms with E-state index in [1.54, 1.807) is 6.07 Å². The summed E-state index contributed by atoms with van der Waals surface area (Å²) in [6.45, 7) is 2.79. The predicted octanol–water partition coefficient (Wildman–Crippen LogP) is 4.12. The van der Waals surface area contributed by atoms with Gasteiger partial charge in [0.25, 0.3) is 0 Å². The van der Waals surface area contributed by atoms with Crippen molar-refractivity contribution in [3.05, 3.63) is 52.1 Å². The van der Waals surface area contributed by atoms with Gasteiger partial charge in [-0.1, -0.05) is 0 Å². The second kappa shape index (κ2) is 7.09. The fourth-order valence-electron chi connectivity index (χ4n) is 3.56. The highest BCUT2D eigenvalue weighted by Crippen LogP contribution is 2.40. The summed E-state index contributed by atoms with van der Waals surface area (Å²) in [5.74, 6) is 1.76. The first-order valence-electron chi connectivity index (χ1n) is 8.90. The van der Waals surface area contributed by atoms with Crippen molar-refractivity contribution in [3.63, 3.8) is 0 Å². The lowest BCUT2D eigenvalue weighted by Crippen LogP contribution is -2.11. The Morgan fingerprint density at radius 2 is 1.79 bits per heavy atom. The molecule has 7 nitrogen and oxygen atoms in total. The molecule has 3 aromatic heterocycles. The number of aryl methyl sites for hydroxylation is 1. The van der Waals surface area contributed by atoms with Gasteiger partial charge in [-0.05, 0) is 38.7 Å². The van der Waals surface area contributed by atoms with Crippen molar-refractivity contribution in [1.82, 2.24) is 9.88 Å². The molecule has 0 aliphatic carbocycles. The summed E-state index contributed by atoms with van der Waals surface area (Å²) in [5.41, 5.74) is 3.20. The Morgan fingerprint density at radius 1 is 1.03 bits per heavy atom. The molecule has 1 aliphatic heterocycles. The van der Waals surface area contributed by atoms with Gasteiger partial charge < -0.3 is 23.2 Å². The topological polar surface area (TPSA) is 77.9 Å². The third kappa shape index (κ3) is 3.22. The van der Waals surface area contributed by atoms with E-state index in [0.29, 0.717) is 28.4 Å². The van der Waals surface area contributed by atoms with E-state index in [2.05, 4.69) is 9.88 Å². The molecule has 5 rings (SSSR count). The van der Waals surface area contributed by atoms with E-state index in [1.165, 1.54) is 6.07 Å². The van der Waals surface area contributed by atoms with Crippen LogP contribution in [0.1, 0.15) is 11.3 Å². The molecule has 150 valence electrons. The SMILES string of the molecule is Cc1ncc(CN(C)C)c2cc(-c3cc(=O)oc4cc5c(cc34)OCO5)oc12.Cl. The van der Waals surface area contributed by atoms with E-state index < -0.39 is 5.63 Å². The lowest BCUT2D eigenvalue weighted by molar-refractivity contribution is 0.174. The molecule has 0 spiro atoms. The van der Waals surface area contributed by atoms with Crippen molar-refractivity contribution in [2.24, 2.45) is 0 Å². The summed E-state index contributed by atoms with van der Waals surface area (Å²) < 4.78 is 22.4. The monoisotopic (exact) mass is 414 g/mol. The molecule has 0 fully saturated rings. The molecule has 0 saturated carbocycles. The van der Waals surface area contributed by atoms with Gasteiger partial charge in [-0.2, -0.15) is 0 Å². The van der Waals surface area contributed by atoms with Crippen molar-refractivity contribution in [1.29, 1.82) is 0 Å². The van der Waals surface area contributed by atoms with Gasteiger partial charge in [-0.15, -0.1) is 12.4 Å². The molecule has 1 aliphatic rings. The van der Waals surface area contributed by atoms with Gasteiger partial charge in [0.2, 0.25) is 6.79 Å². The van der Waals surface area contributed by atoms with E-state index >= 15 is 0 Å². The van der Waals surface area contributed by atoms with E-state index in [9.17, 15) is 4.79 Å². The number of furan rings is 1. The molecule has 8 heteroatoms. The highest BCUT2D eigenvalue weighted by molar-refractivity contribution is 5.97. The number of aromatic nitrogens is 1.